The zero-order chi connectivity index (χ0) is 45.1. The third-order valence-corrected chi connectivity index (χ3v) is 23.7. The minimum absolute atomic E-state index is 0.000777. The van der Waals surface area contributed by atoms with E-state index in [1.807, 2.05) is 36.4 Å². The molecule has 340 valence electrons. The molecule has 0 saturated carbocycles. The van der Waals surface area contributed by atoms with E-state index >= 15 is 0 Å². The number of aliphatic hydroxyl groups is 1. The SMILES string of the molecule is C=C[C@@H](OCc1ccc(OC)cc1)C(C)(C)[C@@H](C[C@@H](C)[C@H](O)/C(=C/[C@@H]1C[C@H](OCc2ccccc2)[C@@H](C)[C@H](CCO[Si](C)(C)C(C)(C)C)O1)SCC)O[Si](C)(C)C(C)(C)C. The number of hydrogen-bond donors (Lipinski definition) is 1. The summed E-state index contributed by atoms with van der Waals surface area (Å²) in [5.41, 5.74) is 1.77. The van der Waals surface area contributed by atoms with Crippen molar-refractivity contribution in [2.75, 3.05) is 19.5 Å². The lowest BCUT2D eigenvalue weighted by Crippen LogP contribution is -2.52. The molecule has 60 heavy (non-hydrogen) atoms. The maximum atomic E-state index is 12.3. The van der Waals surface area contributed by atoms with Crippen LogP contribution >= 0.6 is 11.8 Å². The number of ether oxygens (including phenoxy) is 4. The van der Waals surface area contributed by atoms with E-state index in [0.717, 1.165) is 40.4 Å². The normalized spacial score (nSPS) is 21.9. The van der Waals surface area contributed by atoms with Gasteiger partial charge in [0.25, 0.3) is 0 Å². The Kier molecular flexibility index (Phi) is 19.9. The van der Waals surface area contributed by atoms with Crippen molar-refractivity contribution >= 4 is 28.4 Å². The van der Waals surface area contributed by atoms with Gasteiger partial charge in [0.15, 0.2) is 16.6 Å². The Bertz CT molecular complexity index is 1600. The molecule has 0 spiro atoms. The van der Waals surface area contributed by atoms with E-state index in [4.69, 9.17) is 27.8 Å². The number of hydrogen-bond acceptors (Lipinski definition) is 8. The largest absolute Gasteiger partial charge is 0.497 e. The Hall–Kier alpha value is -1.74. The second-order valence-electron chi connectivity index (χ2n) is 20.7. The summed E-state index contributed by atoms with van der Waals surface area (Å²) in [4.78, 5) is 0.947. The average Bonchev–Trinajstić information content (AvgIpc) is 3.17. The molecule has 1 fully saturated rings. The van der Waals surface area contributed by atoms with Crippen LogP contribution in [-0.4, -0.2) is 77.8 Å². The number of benzene rings is 2. The summed E-state index contributed by atoms with van der Waals surface area (Å²) >= 11 is 1.70. The van der Waals surface area contributed by atoms with E-state index in [1.54, 1.807) is 18.9 Å². The Labute approximate surface area is 373 Å². The van der Waals surface area contributed by atoms with Gasteiger partial charge < -0.3 is 32.9 Å². The molecule has 0 bridgehead atoms. The summed E-state index contributed by atoms with van der Waals surface area (Å²) in [7, 11) is -2.49. The van der Waals surface area contributed by atoms with Gasteiger partial charge in [-0.3, -0.25) is 0 Å². The Balaban J connectivity index is 1.91. The molecule has 0 unspecified atom stereocenters. The van der Waals surface area contributed by atoms with Crippen LogP contribution in [0.5, 0.6) is 5.75 Å². The van der Waals surface area contributed by atoms with Crippen LogP contribution in [-0.2, 0) is 36.3 Å². The van der Waals surface area contributed by atoms with Gasteiger partial charge in [-0.05, 0) is 90.1 Å². The molecule has 2 aromatic rings. The minimum Gasteiger partial charge on any atom is -0.497 e. The Morgan fingerprint density at radius 1 is 0.917 bits per heavy atom. The summed E-state index contributed by atoms with van der Waals surface area (Å²) in [5, 5.41) is 12.5. The fourth-order valence-electron chi connectivity index (χ4n) is 7.21. The molecule has 1 aliphatic rings. The number of aliphatic hydroxyl groups excluding tert-OH is 1. The first-order valence-corrected chi connectivity index (χ1v) is 29.2. The third-order valence-electron chi connectivity index (χ3n) is 13.7. The van der Waals surface area contributed by atoms with Gasteiger partial charge in [0.1, 0.15) is 5.75 Å². The van der Waals surface area contributed by atoms with Crippen molar-refractivity contribution < 1.29 is 32.9 Å². The van der Waals surface area contributed by atoms with E-state index < -0.39 is 28.2 Å². The van der Waals surface area contributed by atoms with Crippen molar-refractivity contribution in [2.45, 2.75) is 182 Å². The minimum atomic E-state index is -2.25. The van der Waals surface area contributed by atoms with E-state index in [2.05, 4.69) is 139 Å². The molecule has 0 aromatic heterocycles. The molecule has 10 heteroatoms. The molecule has 0 radical (unpaired) electrons. The second-order valence-corrected chi connectivity index (χ2v) is 31.6. The molecule has 1 aliphatic heterocycles. The third kappa shape index (κ3) is 14.9. The van der Waals surface area contributed by atoms with Gasteiger partial charge in [-0.1, -0.05) is 125 Å². The van der Waals surface area contributed by atoms with E-state index in [-0.39, 0.29) is 52.4 Å². The molecule has 1 saturated heterocycles. The topological polar surface area (TPSA) is 75.6 Å². The van der Waals surface area contributed by atoms with Crippen LogP contribution in [0.2, 0.25) is 36.3 Å². The second kappa shape index (κ2) is 22.8. The maximum absolute atomic E-state index is 12.3. The van der Waals surface area contributed by atoms with Crippen LogP contribution in [0.3, 0.4) is 0 Å². The highest BCUT2D eigenvalue weighted by atomic mass is 32.2. The Morgan fingerprint density at radius 3 is 2.07 bits per heavy atom. The summed E-state index contributed by atoms with van der Waals surface area (Å²) < 4.78 is 39.6. The van der Waals surface area contributed by atoms with Crippen LogP contribution in [0.4, 0.5) is 0 Å². The van der Waals surface area contributed by atoms with Crippen LogP contribution in [0.1, 0.15) is 107 Å². The highest BCUT2D eigenvalue weighted by Crippen LogP contribution is 2.44. The smallest absolute Gasteiger partial charge is 0.192 e. The lowest BCUT2D eigenvalue weighted by Gasteiger charge is -2.47. The first-order valence-electron chi connectivity index (χ1n) is 22.4. The molecule has 8 atom stereocenters. The Morgan fingerprint density at radius 2 is 1.52 bits per heavy atom. The molecule has 3 rings (SSSR count). The number of thioether (sulfide) groups is 1. The van der Waals surface area contributed by atoms with Gasteiger partial charge in [0, 0.05) is 29.3 Å². The van der Waals surface area contributed by atoms with Crippen molar-refractivity contribution in [1.82, 2.24) is 0 Å². The molecule has 0 aliphatic carbocycles. The molecular formula is C50H84O7SSi2. The zero-order valence-electron chi connectivity index (χ0n) is 40.4. The number of methoxy groups -OCH3 is 1. The zero-order valence-corrected chi connectivity index (χ0v) is 43.2. The van der Waals surface area contributed by atoms with E-state index in [1.165, 1.54) is 0 Å². The molecule has 1 N–H and O–H groups in total. The quantitative estimate of drug-likeness (QED) is 0.0874. The first kappa shape index (κ1) is 52.6. The lowest BCUT2D eigenvalue weighted by atomic mass is 9.76. The van der Waals surface area contributed by atoms with Gasteiger partial charge in [0.2, 0.25) is 0 Å². The predicted octanol–water partition coefficient (Wildman–Crippen LogP) is 13.0. The molecule has 2 aromatic carbocycles. The fourth-order valence-corrected chi connectivity index (χ4v) is 10.7. The van der Waals surface area contributed by atoms with Crippen molar-refractivity contribution in [3.8, 4) is 5.75 Å². The van der Waals surface area contributed by atoms with Crippen LogP contribution in [0.15, 0.2) is 78.2 Å². The fraction of sp³-hybridized carbons (Fsp3) is 0.680. The van der Waals surface area contributed by atoms with Crippen LogP contribution in [0, 0.1) is 17.3 Å². The highest BCUT2D eigenvalue weighted by molar-refractivity contribution is 8.03. The van der Waals surface area contributed by atoms with Crippen molar-refractivity contribution in [3.05, 3.63) is 89.4 Å². The molecule has 7 nitrogen and oxygen atoms in total. The summed E-state index contributed by atoms with van der Waals surface area (Å²) in [6, 6.07) is 18.4. The molecule has 1 heterocycles. The number of rotatable bonds is 23. The van der Waals surface area contributed by atoms with Gasteiger partial charge in [-0.15, -0.1) is 18.3 Å². The standard InChI is InChI=1S/C50H84O7SSi2/c1-18-45(54-35-39-25-27-40(52-13)28-26-39)50(11,12)46(57-60(16,17)49(8,9)10)31-36(3)47(51)44(58-19-2)33-41-32-43(53-34-38-23-21-20-22-24-38)37(4)42(56-41)29-30-55-59(14,15)48(5,6)7/h18,20-28,33,36-37,41-43,45-47,51H,1,19,29-32,34-35H2,2-17H3/b44-33-/t36-,37+,41+,42+,43+,45-,46-,47+/m1/s1. The lowest BCUT2D eigenvalue weighted by molar-refractivity contribution is -0.143. The monoisotopic (exact) mass is 885 g/mol. The van der Waals surface area contributed by atoms with Gasteiger partial charge in [-0.2, -0.15) is 0 Å². The van der Waals surface area contributed by atoms with Gasteiger partial charge >= 0.3 is 0 Å². The van der Waals surface area contributed by atoms with Crippen molar-refractivity contribution in [3.63, 3.8) is 0 Å². The average molecular weight is 885 g/mol. The summed E-state index contributed by atoms with van der Waals surface area (Å²) in [6.45, 7) is 39.8. The maximum Gasteiger partial charge on any atom is 0.192 e. The van der Waals surface area contributed by atoms with Crippen LogP contribution < -0.4 is 4.74 Å². The van der Waals surface area contributed by atoms with Gasteiger partial charge in [0.05, 0.1) is 56.9 Å². The predicted molar refractivity (Wildman–Crippen MR) is 259 cm³/mol. The first-order chi connectivity index (χ1) is 27.9. The van der Waals surface area contributed by atoms with Crippen molar-refractivity contribution in [1.29, 1.82) is 0 Å². The van der Waals surface area contributed by atoms with Crippen molar-refractivity contribution in [2.24, 2.45) is 17.3 Å². The summed E-state index contributed by atoms with van der Waals surface area (Å²) in [5.74, 6) is 1.73. The molecule has 0 amide bonds. The van der Waals surface area contributed by atoms with E-state index in [9.17, 15) is 5.11 Å². The molecular weight excluding hydrogens is 801 g/mol. The summed E-state index contributed by atoms with van der Waals surface area (Å²) in [6.07, 6.45) is 4.83. The van der Waals surface area contributed by atoms with Gasteiger partial charge in [-0.25, -0.2) is 0 Å². The van der Waals surface area contributed by atoms with E-state index in [0.29, 0.717) is 26.2 Å². The van der Waals surface area contributed by atoms with Crippen LogP contribution in [0.25, 0.3) is 0 Å². The highest BCUT2D eigenvalue weighted by Gasteiger charge is 2.46.